The highest BCUT2D eigenvalue weighted by molar-refractivity contribution is 9.10. The van der Waals surface area contributed by atoms with Crippen LogP contribution >= 0.6 is 15.9 Å². The lowest BCUT2D eigenvalue weighted by Crippen LogP contribution is -1.97. The van der Waals surface area contributed by atoms with E-state index >= 15 is 0 Å². The summed E-state index contributed by atoms with van der Waals surface area (Å²) >= 11 is 3.44. The minimum Gasteiger partial charge on any atom is -0.326 e. The zero-order chi connectivity index (χ0) is 11.4. The fraction of sp³-hybridized carbons (Fsp3) is 0.143. The van der Waals surface area contributed by atoms with Gasteiger partial charge in [0.05, 0.1) is 0 Å². The number of benzene rings is 2. The number of nitrogens with two attached hydrogens (primary N) is 1. The normalized spacial score (nSPS) is 10.4. The molecule has 82 valence electrons. The Hall–Kier alpha value is -1.12. The predicted octanol–water partition coefficient (Wildman–Crippen LogP) is 3.50. The molecular formula is C14H14BrN. The van der Waals surface area contributed by atoms with Gasteiger partial charge in [0.1, 0.15) is 0 Å². The second-order valence-electron chi connectivity index (χ2n) is 3.83. The van der Waals surface area contributed by atoms with E-state index in [4.69, 9.17) is 5.73 Å². The molecule has 1 nitrogen and oxygen atoms in total. The van der Waals surface area contributed by atoms with E-state index < -0.39 is 0 Å². The van der Waals surface area contributed by atoms with E-state index in [9.17, 15) is 0 Å². The van der Waals surface area contributed by atoms with Gasteiger partial charge < -0.3 is 5.73 Å². The quantitative estimate of drug-likeness (QED) is 0.912. The Morgan fingerprint density at radius 2 is 1.56 bits per heavy atom. The van der Waals surface area contributed by atoms with Gasteiger partial charge >= 0.3 is 0 Å². The molecular weight excluding hydrogens is 262 g/mol. The summed E-state index contributed by atoms with van der Waals surface area (Å²) in [6.45, 7) is 0.605. The maximum atomic E-state index is 5.63. The van der Waals surface area contributed by atoms with Crippen molar-refractivity contribution in [1.29, 1.82) is 0 Å². The maximum absolute atomic E-state index is 5.63. The molecule has 2 aromatic rings. The molecule has 0 radical (unpaired) electrons. The number of halogens is 1. The predicted molar refractivity (Wildman–Crippen MR) is 71.3 cm³/mol. The summed E-state index contributed by atoms with van der Waals surface area (Å²) in [4.78, 5) is 0. The van der Waals surface area contributed by atoms with Crippen LogP contribution in [-0.2, 0) is 13.0 Å². The average molecular weight is 276 g/mol. The largest absolute Gasteiger partial charge is 0.326 e. The molecule has 0 saturated carbocycles. The molecule has 2 aromatic carbocycles. The lowest BCUT2D eigenvalue weighted by Gasteiger charge is -2.04. The Morgan fingerprint density at radius 1 is 0.875 bits per heavy atom. The molecule has 16 heavy (non-hydrogen) atoms. The number of rotatable bonds is 3. The summed E-state index contributed by atoms with van der Waals surface area (Å²) in [7, 11) is 0. The highest BCUT2D eigenvalue weighted by Crippen LogP contribution is 2.14. The first-order valence-corrected chi connectivity index (χ1v) is 6.09. The topological polar surface area (TPSA) is 26.0 Å². The van der Waals surface area contributed by atoms with Crippen molar-refractivity contribution in [1.82, 2.24) is 0 Å². The van der Waals surface area contributed by atoms with Crippen LogP contribution < -0.4 is 5.73 Å². The van der Waals surface area contributed by atoms with Gasteiger partial charge in [-0.05, 0) is 35.2 Å². The summed E-state index contributed by atoms with van der Waals surface area (Å²) in [6, 6.07) is 16.9. The molecule has 0 bridgehead atoms. The standard InChI is InChI=1S/C14H14BrN/c15-14-6-4-11(5-7-14)8-12-2-1-3-13(9-12)10-16/h1-7,9H,8,10,16H2. The first kappa shape index (κ1) is 11.4. The molecule has 0 atom stereocenters. The van der Waals surface area contributed by atoms with Gasteiger partial charge in [0, 0.05) is 11.0 Å². The Kier molecular flexibility index (Phi) is 3.75. The van der Waals surface area contributed by atoms with Crippen LogP contribution in [0.1, 0.15) is 16.7 Å². The van der Waals surface area contributed by atoms with Gasteiger partial charge in [0.2, 0.25) is 0 Å². The second-order valence-corrected chi connectivity index (χ2v) is 4.74. The van der Waals surface area contributed by atoms with Gasteiger partial charge in [-0.2, -0.15) is 0 Å². The first-order valence-electron chi connectivity index (χ1n) is 5.30. The van der Waals surface area contributed by atoms with Crippen molar-refractivity contribution < 1.29 is 0 Å². The van der Waals surface area contributed by atoms with Crippen molar-refractivity contribution in [3.63, 3.8) is 0 Å². The van der Waals surface area contributed by atoms with Crippen LogP contribution in [0.25, 0.3) is 0 Å². The van der Waals surface area contributed by atoms with E-state index in [0.29, 0.717) is 6.54 Å². The van der Waals surface area contributed by atoms with Gasteiger partial charge in [-0.25, -0.2) is 0 Å². The molecule has 0 spiro atoms. The molecule has 0 saturated heterocycles. The summed E-state index contributed by atoms with van der Waals surface area (Å²) in [5.74, 6) is 0. The molecule has 0 heterocycles. The van der Waals surface area contributed by atoms with Crippen LogP contribution in [-0.4, -0.2) is 0 Å². The highest BCUT2D eigenvalue weighted by atomic mass is 79.9. The van der Waals surface area contributed by atoms with Gasteiger partial charge in [-0.3, -0.25) is 0 Å². The second kappa shape index (κ2) is 5.28. The molecule has 2 N–H and O–H groups in total. The van der Waals surface area contributed by atoms with Gasteiger partial charge in [-0.1, -0.05) is 52.3 Å². The van der Waals surface area contributed by atoms with Crippen LogP contribution in [0.4, 0.5) is 0 Å². The highest BCUT2D eigenvalue weighted by Gasteiger charge is 1.97. The number of hydrogen-bond donors (Lipinski definition) is 1. The van der Waals surface area contributed by atoms with Crippen LogP contribution in [0.5, 0.6) is 0 Å². The Balaban J connectivity index is 2.16. The average Bonchev–Trinajstić information content (AvgIpc) is 2.32. The van der Waals surface area contributed by atoms with Crippen molar-refractivity contribution in [2.75, 3.05) is 0 Å². The molecule has 0 amide bonds. The molecule has 0 unspecified atom stereocenters. The Bertz CT molecular complexity index is 462. The monoisotopic (exact) mass is 275 g/mol. The third-order valence-electron chi connectivity index (χ3n) is 2.55. The zero-order valence-corrected chi connectivity index (χ0v) is 10.6. The molecule has 0 aromatic heterocycles. The van der Waals surface area contributed by atoms with E-state index in [0.717, 1.165) is 10.9 Å². The summed E-state index contributed by atoms with van der Waals surface area (Å²) < 4.78 is 1.12. The fourth-order valence-electron chi connectivity index (χ4n) is 1.70. The molecule has 0 aliphatic carbocycles. The summed E-state index contributed by atoms with van der Waals surface area (Å²) in [5.41, 5.74) is 9.44. The van der Waals surface area contributed by atoms with E-state index in [1.807, 2.05) is 0 Å². The van der Waals surface area contributed by atoms with E-state index in [-0.39, 0.29) is 0 Å². The van der Waals surface area contributed by atoms with Crippen LogP contribution in [0.3, 0.4) is 0 Å². The van der Waals surface area contributed by atoms with Crippen LogP contribution in [0.15, 0.2) is 53.0 Å². The van der Waals surface area contributed by atoms with E-state index in [1.165, 1.54) is 16.7 Å². The third kappa shape index (κ3) is 2.94. The first-order chi connectivity index (χ1) is 7.78. The Labute approximate surface area is 104 Å². The van der Waals surface area contributed by atoms with E-state index in [1.54, 1.807) is 0 Å². The smallest absolute Gasteiger partial charge is 0.0178 e. The van der Waals surface area contributed by atoms with Crippen LogP contribution in [0.2, 0.25) is 0 Å². The summed E-state index contributed by atoms with van der Waals surface area (Å²) in [6.07, 6.45) is 0.959. The van der Waals surface area contributed by atoms with Gasteiger partial charge in [-0.15, -0.1) is 0 Å². The minimum atomic E-state index is 0.605. The molecule has 0 aliphatic heterocycles. The Morgan fingerprint density at radius 3 is 2.25 bits per heavy atom. The van der Waals surface area contributed by atoms with Gasteiger partial charge in [0.25, 0.3) is 0 Å². The fourth-order valence-corrected chi connectivity index (χ4v) is 1.97. The molecule has 0 fully saturated rings. The maximum Gasteiger partial charge on any atom is 0.0178 e. The van der Waals surface area contributed by atoms with E-state index in [2.05, 4.69) is 64.5 Å². The third-order valence-corrected chi connectivity index (χ3v) is 3.08. The van der Waals surface area contributed by atoms with Crippen LogP contribution in [0, 0.1) is 0 Å². The lowest BCUT2D eigenvalue weighted by molar-refractivity contribution is 1.06. The minimum absolute atomic E-state index is 0.605. The molecule has 2 heteroatoms. The van der Waals surface area contributed by atoms with Crippen molar-refractivity contribution in [2.24, 2.45) is 5.73 Å². The number of hydrogen-bond acceptors (Lipinski definition) is 1. The zero-order valence-electron chi connectivity index (χ0n) is 8.99. The lowest BCUT2D eigenvalue weighted by atomic mass is 10.0. The van der Waals surface area contributed by atoms with Crippen molar-refractivity contribution >= 4 is 15.9 Å². The van der Waals surface area contributed by atoms with Crippen molar-refractivity contribution in [3.05, 3.63) is 69.7 Å². The van der Waals surface area contributed by atoms with Gasteiger partial charge in [0.15, 0.2) is 0 Å². The summed E-state index contributed by atoms with van der Waals surface area (Å²) in [5, 5.41) is 0. The SMILES string of the molecule is NCc1cccc(Cc2ccc(Br)cc2)c1. The van der Waals surface area contributed by atoms with Crippen molar-refractivity contribution in [2.45, 2.75) is 13.0 Å². The van der Waals surface area contributed by atoms with Crippen molar-refractivity contribution in [3.8, 4) is 0 Å². The molecule has 0 aliphatic rings. The molecule has 2 rings (SSSR count).